The quantitative estimate of drug-likeness (QED) is 0.438. The Hall–Kier alpha value is -3.30. The highest BCUT2D eigenvalue weighted by atomic mass is 35.5. The van der Waals surface area contributed by atoms with E-state index in [4.69, 9.17) is 11.6 Å². The Labute approximate surface area is 193 Å². The largest absolute Gasteiger partial charge is 0.494 e. The first-order valence-electron chi connectivity index (χ1n) is 9.50. The average Bonchev–Trinajstić information content (AvgIpc) is 2.76. The van der Waals surface area contributed by atoms with Crippen molar-refractivity contribution in [3.05, 3.63) is 85.5 Å². The van der Waals surface area contributed by atoms with E-state index in [-0.39, 0.29) is 22.3 Å². The molecule has 32 heavy (non-hydrogen) atoms. The van der Waals surface area contributed by atoms with Crippen molar-refractivity contribution >= 4 is 45.7 Å². The van der Waals surface area contributed by atoms with E-state index in [1.165, 1.54) is 14.1 Å². The number of aromatic hydroxyl groups is 1. The molecule has 2 N–H and O–H groups in total. The smallest absolute Gasteiger partial charge is 0.333 e. The molecule has 10 heteroatoms. The van der Waals surface area contributed by atoms with Gasteiger partial charge in [0, 0.05) is 24.8 Å². The monoisotopic (exact) mass is 472 g/mol. The zero-order chi connectivity index (χ0) is 23.4. The van der Waals surface area contributed by atoms with Crippen LogP contribution in [0.15, 0.2) is 63.1 Å². The minimum absolute atomic E-state index is 0.0946. The summed E-state index contributed by atoms with van der Waals surface area (Å²) in [5.74, 6) is -0.968. The van der Waals surface area contributed by atoms with Gasteiger partial charge in [0.1, 0.15) is 10.6 Å². The first-order chi connectivity index (χ1) is 15.2. The number of nitrogens with one attached hydrogen (secondary N) is 1. The third kappa shape index (κ3) is 5.30. The number of hydrogen-bond donors (Lipinski definition) is 2. The molecule has 0 bridgehead atoms. The van der Waals surface area contributed by atoms with Crippen molar-refractivity contribution in [1.82, 2.24) is 9.13 Å². The van der Waals surface area contributed by atoms with Crippen LogP contribution in [0, 0.1) is 6.92 Å². The summed E-state index contributed by atoms with van der Waals surface area (Å²) in [4.78, 5) is 41.9. The van der Waals surface area contributed by atoms with Gasteiger partial charge in [-0.25, -0.2) is 9.79 Å². The summed E-state index contributed by atoms with van der Waals surface area (Å²) in [6, 6.07) is 13.9. The molecule has 1 heterocycles. The highest BCUT2D eigenvalue weighted by Crippen LogP contribution is 2.24. The summed E-state index contributed by atoms with van der Waals surface area (Å²) in [7, 11) is 2.66. The van der Waals surface area contributed by atoms with Crippen molar-refractivity contribution in [2.75, 3.05) is 11.1 Å². The van der Waals surface area contributed by atoms with Crippen molar-refractivity contribution < 1.29 is 9.90 Å². The van der Waals surface area contributed by atoms with E-state index < -0.39 is 17.1 Å². The predicted octanol–water partition coefficient (Wildman–Crippen LogP) is 3.20. The molecule has 3 rings (SSSR count). The van der Waals surface area contributed by atoms with Crippen molar-refractivity contribution in [1.29, 1.82) is 0 Å². The van der Waals surface area contributed by atoms with E-state index in [1.807, 2.05) is 19.1 Å². The normalized spacial score (nSPS) is 11.4. The van der Waals surface area contributed by atoms with Gasteiger partial charge >= 0.3 is 5.69 Å². The molecular formula is C22H21ClN4O4S. The van der Waals surface area contributed by atoms with Crippen LogP contribution in [0.3, 0.4) is 0 Å². The molecule has 0 atom stereocenters. The Morgan fingerprint density at radius 1 is 1.12 bits per heavy atom. The van der Waals surface area contributed by atoms with Crippen LogP contribution >= 0.6 is 23.4 Å². The molecule has 3 aromatic rings. The van der Waals surface area contributed by atoms with Gasteiger partial charge in [-0.1, -0.05) is 47.1 Å². The molecule has 0 saturated carbocycles. The van der Waals surface area contributed by atoms with Gasteiger partial charge in [-0.05, 0) is 37.3 Å². The molecule has 0 radical (unpaired) electrons. The number of halogens is 1. The number of anilines is 1. The second-order valence-corrected chi connectivity index (χ2v) is 8.40. The molecule has 0 aliphatic heterocycles. The van der Waals surface area contributed by atoms with Crippen molar-refractivity contribution in [3.63, 3.8) is 0 Å². The Balaban J connectivity index is 1.97. The van der Waals surface area contributed by atoms with Gasteiger partial charge < -0.3 is 10.4 Å². The van der Waals surface area contributed by atoms with Crippen LogP contribution in [0.2, 0.25) is 5.02 Å². The number of thioether (sulfide) groups is 1. The van der Waals surface area contributed by atoms with E-state index in [1.54, 1.807) is 36.4 Å². The number of benzene rings is 2. The van der Waals surface area contributed by atoms with Gasteiger partial charge in [0.25, 0.3) is 5.56 Å². The van der Waals surface area contributed by atoms with Crippen LogP contribution < -0.4 is 16.6 Å². The van der Waals surface area contributed by atoms with E-state index in [0.29, 0.717) is 16.4 Å². The van der Waals surface area contributed by atoms with Crippen molar-refractivity contribution in [2.45, 2.75) is 6.92 Å². The van der Waals surface area contributed by atoms with Crippen LogP contribution in [-0.4, -0.2) is 30.9 Å². The standard InChI is InChI=1S/C22H21ClN4O4S/c1-13-7-9-15(10-8-13)25-19(18-20(29)26(2)22(31)27(3)21(18)30)32-12-17(28)24-16-6-4-5-14(23)11-16/h4-11,29H,12H2,1-3H3,(H,24,28). The molecule has 0 unspecified atom stereocenters. The Bertz CT molecular complexity index is 1310. The number of nitrogens with zero attached hydrogens (tertiary/aromatic N) is 3. The minimum atomic E-state index is -0.709. The molecule has 166 valence electrons. The number of carbonyl (C=O) groups excluding carboxylic acids is 1. The van der Waals surface area contributed by atoms with Gasteiger partial charge in [0.15, 0.2) is 0 Å². The highest BCUT2D eigenvalue weighted by Gasteiger charge is 2.22. The second-order valence-electron chi connectivity index (χ2n) is 7.00. The number of carbonyl (C=O) groups is 1. The number of aliphatic imine (C=N–C) groups is 1. The minimum Gasteiger partial charge on any atom is -0.494 e. The van der Waals surface area contributed by atoms with E-state index in [9.17, 15) is 19.5 Å². The third-order valence-electron chi connectivity index (χ3n) is 4.56. The molecule has 0 fully saturated rings. The van der Waals surface area contributed by atoms with Gasteiger partial charge in [-0.2, -0.15) is 0 Å². The molecule has 0 saturated heterocycles. The maximum Gasteiger partial charge on any atom is 0.333 e. The first-order valence-corrected chi connectivity index (χ1v) is 10.9. The average molecular weight is 473 g/mol. The second kappa shape index (κ2) is 9.88. The lowest BCUT2D eigenvalue weighted by atomic mass is 10.2. The molecule has 1 aromatic heterocycles. The Morgan fingerprint density at radius 3 is 2.47 bits per heavy atom. The first kappa shape index (κ1) is 23.4. The van der Waals surface area contributed by atoms with Crippen LogP contribution in [0.5, 0.6) is 5.88 Å². The van der Waals surface area contributed by atoms with Crippen LogP contribution in [0.1, 0.15) is 11.1 Å². The van der Waals surface area contributed by atoms with Crippen molar-refractivity contribution in [3.8, 4) is 5.88 Å². The third-order valence-corrected chi connectivity index (χ3v) is 5.77. The molecule has 0 aliphatic carbocycles. The van der Waals surface area contributed by atoms with Gasteiger partial charge in [0.2, 0.25) is 11.8 Å². The number of hydrogen-bond acceptors (Lipinski definition) is 6. The number of aromatic nitrogens is 2. The maximum atomic E-state index is 12.8. The number of amides is 1. The van der Waals surface area contributed by atoms with Gasteiger partial charge in [-0.3, -0.25) is 18.7 Å². The molecule has 8 nitrogen and oxygen atoms in total. The van der Waals surface area contributed by atoms with Gasteiger partial charge in [-0.15, -0.1) is 0 Å². The van der Waals surface area contributed by atoms with E-state index in [0.717, 1.165) is 26.5 Å². The topological polar surface area (TPSA) is 106 Å². The lowest BCUT2D eigenvalue weighted by Gasteiger charge is -2.12. The number of rotatable bonds is 5. The van der Waals surface area contributed by atoms with Crippen molar-refractivity contribution in [2.24, 2.45) is 19.1 Å². The summed E-state index contributed by atoms with van der Waals surface area (Å²) in [6.07, 6.45) is 0. The highest BCUT2D eigenvalue weighted by molar-refractivity contribution is 8.15. The van der Waals surface area contributed by atoms with Crippen LogP contribution in [-0.2, 0) is 18.9 Å². The molecule has 0 aliphatic rings. The summed E-state index contributed by atoms with van der Waals surface area (Å²) in [5.41, 5.74) is 0.550. The fourth-order valence-corrected chi connectivity index (χ4v) is 3.84. The van der Waals surface area contributed by atoms with E-state index >= 15 is 0 Å². The fraction of sp³-hybridized carbons (Fsp3) is 0.182. The zero-order valence-corrected chi connectivity index (χ0v) is 19.2. The summed E-state index contributed by atoms with van der Waals surface area (Å²) in [6.45, 7) is 1.93. The summed E-state index contributed by atoms with van der Waals surface area (Å²) < 4.78 is 1.83. The van der Waals surface area contributed by atoms with Gasteiger partial charge in [0.05, 0.1) is 11.4 Å². The molecular weight excluding hydrogens is 452 g/mol. The Morgan fingerprint density at radius 2 is 1.81 bits per heavy atom. The Kier molecular flexibility index (Phi) is 7.22. The summed E-state index contributed by atoms with van der Waals surface area (Å²) >= 11 is 6.92. The summed E-state index contributed by atoms with van der Waals surface area (Å²) in [5, 5.41) is 13.9. The molecule has 1 amide bonds. The zero-order valence-electron chi connectivity index (χ0n) is 17.6. The fourth-order valence-electron chi connectivity index (χ4n) is 2.81. The number of aryl methyl sites for hydroxylation is 1. The van der Waals surface area contributed by atoms with Crippen LogP contribution in [0.25, 0.3) is 0 Å². The van der Waals surface area contributed by atoms with Crippen LogP contribution in [0.4, 0.5) is 11.4 Å². The lowest BCUT2D eigenvalue weighted by Crippen LogP contribution is -2.39. The maximum absolute atomic E-state index is 12.8. The predicted molar refractivity (Wildman–Crippen MR) is 129 cm³/mol. The SMILES string of the molecule is Cc1ccc(N=C(SCC(=O)Nc2cccc(Cl)c2)c2c(O)n(C)c(=O)n(C)c2=O)cc1. The molecule has 2 aromatic carbocycles. The molecule has 0 spiro atoms. The van der Waals surface area contributed by atoms with E-state index in [2.05, 4.69) is 10.3 Å². The lowest BCUT2D eigenvalue weighted by molar-refractivity contribution is -0.113.